The van der Waals surface area contributed by atoms with Gasteiger partial charge in [-0.1, -0.05) is 18.2 Å². The number of amides is 3. The highest BCUT2D eigenvalue weighted by atomic mass is 19.4. The summed E-state index contributed by atoms with van der Waals surface area (Å²) in [6.07, 6.45) is -1.34. The minimum atomic E-state index is -4.52. The molecule has 0 unspecified atom stereocenters. The van der Waals surface area contributed by atoms with Gasteiger partial charge in [0.1, 0.15) is 5.69 Å². The molecule has 0 radical (unpaired) electrons. The lowest BCUT2D eigenvalue weighted by atomic mass is 10.0. The van der Waals surface area contributed by atoms with E-state index in [-0.39, 0.29) is 16.9 Å². The quantitative estimate of drug-likeness (QED) is 0.336. The molecule has 3 amide bonds. The number of halogens is 3. The van der Waals surface area contributed by atoms with E-state index in [1.807, 2.05) is 0 Å². The Morgan fingerprint density at radius 2 is 1.67 bits per heavy atom. The summed E-state index contributed by atoms with van der Waals surface area (Å²) in [5.41, 5.74) is 7.34. The van der Waals surface area contributed by atoms with E-state index >= 15 is 0 Å². The number of pyridine rings is 1. The lowest BCUT2D eigenvalue weighted by molar-refractivity contribution is -0.138. The summed E-state index contributed by atoms with van der Waals surface area (Å²) < 4.78 is 39.2. The molecule has 2 heterocycles. The minimum absolute atomic E-state index is 0.0144. The molecule has 0 bridgehead atoms. The van der Waals surface area contributed by atoms with E-state index in [0.29, 0.717) is 22.3 Å². The van der Waals surface area contributed by atoms with Crippen molar-refractivity contribution in [2.75, 3.05) is 10.6 Å². The number of carbonyl (C=O) groups is 2. The van der Waals surface area contributed by atoms with E-state index in [2.05, 4.69) is 20.6 Å². The fraction of sp³-hybridized carbons (Fsp3) is 0.0870. The van der Waals surface area contributed by atoms with Crippen LogP contribution in [0.1, 0.15) is 21.6 Å². The molecule has 2 aromatic carbocycles. The van der Waals surface area contributed by atoms with Crippen molar-refractivity contribution in [3.8, 4) is 11.1 Å². The number of urea groups is 1. The van der Waals surface area contributed by atoms with Crippen molar-refractivity contribution in [1.82, 2.24) is 9.97 Å². The van der Waals surface area contributed by atoms with Gasteiger partial charge < -0.3 is 21.4 Å². The molecule has 0 spiro atoms. The van der Waals surface area contributed by atoms with E-state index in [4.69, 9.17) is 5.73 Å². The monoisotopic (exact) mass is 453 g/mol. The maximum atomic E-state index is 13.1. The van der Waals surface area contributed by atoms with E-state index < -0.39 is 23.7 Å². The second kappa shape index (κ2) is 8.30. The average Bonchev–Trinajstić information content (AvgIpc) is 3.15. The summed E-state index contributed by atoms with van der Waals surface area (Å²) in [6, 6.07) is 11.2. The fourth-order valence-corrected chi connectivity index (χ4v) is 3.55. The van der Waals surface area contributed by atoms with E-state index in [1.54, 1.807) is 42.7 Å². The number of H-pyrrole nitrogens is 1. The first-order valence-electron chi connectivity index (χ1n) is 9.75. The zero-order chi connectivity index (χ0) is 23.8. The molecule has 0 saturated heterocycles. The Morgan fingerprint density at radius 1 is 1.00 bits per heavy atom. The predicted octanol–water partition coefficient (Wildman–Crippen LogP) is 5.30. The third-order valence-corrected chi connectivity index (χ3v) is 5.08. The van der Waals surface area contributed by atoms with Crippen molar-refractivity contribution in [1.29, 1.82) is 0 Å². The van der Waals surface area contributed by atoms with Crippen LogP contribution in [0.3, 0.4) is 0 Å². The number of fused-ring (bicyclic) bond motifs is 1. The van der Waals surface area contributed by atoms with Gasteiger partial charge in [0.05, 0.1) is 17.3 Å². The Kier molecular flexibility index (Phi) is 5.50. The second-order valence-corrected chi connectivity index (χ2v) is 7.34. The molecule has 10 heteroatoms. The fourth-order valence-electron chi connectivity index (χ4n) is 3.55. The molecule has 0 aliphatic heterocycles. The molecule has 5 N–H and O–H groups in total. The molecule has 0 atom stereocenters. The van der Waals surface area contributed by atoms with Crippen LogP contribution in [0.15, 0.2) is 60.9 Å². The van der Waals surface area contributed by atoms with Crippen LogP contribution in [0.2, 0.25) is 0 Å². The maximum Gasteiger partial charge on any atom is 0.416 e. The number of primary amides is 1. The van der Waals surface area contributed by atoms with Gasteiger partial charge in [-0.2, -0.15) is 13.2 Å². The standard InChI is InChI=1S/C23H18F3N5O2/c1-12-2-5-15(10-17(12)23(24,25)26)30-22(33)29-14-6-3-13(4-7-14)19-16-8-9-28-11-18(16)31-20(19)21(27)32/h2-11,31H,1H3,(H2,27,32)(H2,29,30,33). The van der Waals surface area contributed by atoms with Gasteiger partial charge in [0.15, 0.2) is 0 Å². The number of aryl methyl sites for hydroxylation is 1. The van der Waals surface area contributed by atoms with Gasteiger partial charge in [-0.05, 0) is 48.4 Å². The minimum Gasteiger partial charge on any atom is -0.364 e. The lowest BCUT2D eigenvalue weighted by Crippen LogP contribution is -2.20. The Bertz CT molecular complexity index is 1360. The van der Waals surface area contributed by atoms with Crippen molar-refractivity contribution in [2.24, 2.45) is 5.73 Å². The number of hydrogen-bond donors (Lipinski definition) is 4. The number of carbonyl (C=O) groups excluding carboxylic acids is 2. The number of alkyl halides is 3. The molecule has 0 saturated carbocycles. The van der Waals surface area contributed by atoms with E-state index in [0.717, 1.165) is 11.5 Å². The first kappa shape index (κ1) is 21.9. The molecule has 7 nitrogen and oxygen atoms in total. The summed E-state index contributed by atoms with van der Waals surface area (Å²) in [7, 11) is 0. The Balaban J connectivity index is 1.54. The number of nitrogens with zero attached hydrogens (tertiary/aromatic N) is 1. The SMILES string of the molecule is Cc1ccc(NC(=O)Nc2ccc(-c3c(C(N)=O)[nH]c4cnccc34)cc2)cc1C(F)(F)F. The summed E-state index contributed by atoms with van der Waals surface area (Å²) in [4.78, 5) is 31.2. The molecule has 0 fully saturated rings. The first-order chi connectivity index (χ1) is 15.6. The highest BCUT2D eigenvalue weighted by Crippen LogP contribution is 2.34. The van der Waals surface area contributed by atoms with Gasteiger partial charge in [-0.15, -0.1) is 0 Å². The van der Waals surface area contributed by atoms with Gasteiger partial charge >= 0.3 is 12.2 Å². The van der Waals surface area contributed by atoms with Gasteiger partial charge in [0.2, 0.25) is 0 Å². The molecule has 2 aromatic heterocycles. The number of nitrogens with two attached hydrogens (primary N) is 1. The number of nitrogens with one attached hydrogen (secondary N) is 3. The predicted molar refractivity (Wildman–Crippen MR) is 119 cm³/mol. The van der Waals surface area contributed by atoms with Crippen LogP contribution in [0, 0.1) is 6.92 Å². The summed E-state index contributed by atoms with van der Waals surface area (Å²) in [6.45, 7) is 1.35. The number of aromatic amines is 1. The number of benzene rings is 2. The number of hydrogen-bond acceptors (Lipinski definition) is 3. The van der Waals surface area contributed by atoms with Crippen LogP contribution in [0.4, 0.5) is 29.3 Å². The molecule has 33 heavy (non-hydrogen) atoms. The topological polar surface area (TPSA) is 113 Å². The summed E-state index contributed by atoms with van der Waals surface area (Å²) in [5, 5.41) is 5.73. The molecule has 168 valence electrons. The maximum absolute atomic E-state index is 13.1. The molecule has 4 aromatic rings. The third kappa shape index (κ3) is 4.49. The van der Waals surface area contributed by atoms with Crippen molar-refractivity contribution < 1.29 is 22.8 Å². The van der Waals surface area contributed by atoms with Crippen molar-refractivity contribution in [3.63, 3.8) is 0 Å². The van der Waals surface area contributed by atoms with E-state index in [9.17, 15) is 22.8 Å². The van der Waals surface area contributed by atoms with Crippen LogP contribution in [-0.2, 0) is 6.18 Å². The average molecular weight is 453 g/mol. The summed E-state index contributed by atoms with van der Waals surface area (Å²) >= 11 is 0. The Labute approximate surface area is 185 Å². The zero-order valence-electron chi connectivity index (χ0n) is 17.2. The van der Waals surface area contributed by atoms with Crippen molar-refractivity contribution in [3.05, 3.63) is 77.7 Å². The normalized spacial score (nSPS) is 11.4. The highest BCUT2D eigenvalue weighted by Gasteiger charge is 2.32. The van der Waals surface area contributed by atoms with E-state index in [1.165, 1.54) is 19.1 Å². The molecule has 0 aliphatic rings. The Morgan fingerprint density at radius 3 is 2.33 bits per heavy atom. The zero-order valence-corrected chi connectivity index (χ0v) is 17.2. The molecule has 0 aliphatic carbocycles. The number of rotatable bonds is 4. The molecular weight excluding hydrogens is 435 g/mol. The molecular formula is C23H18F3N5O2. The summed E-state index contributed by atoms with van der Waals surface area (Å²) in [5.74, 6) is -0.626. The van der Waals surface area contributed by atoms with Gasteiger partial charge in [-0.3, -0.25) is 9.78 Å². The third-order valence-electron chi connectivity index (χ3n) is 5.08. The van der Waals surface area contributed by atoms with Crippen molar-refractivity contribution >= 4 is 34.2 Å². The highest BCUT2D eigenvalue weighted by molar-refractivity contribution is 6.09. The number of aromatic nitrogens is 2. The van der Waals surface area contributed by atoms with Crippen molar-refractivity contribution in [2.45, 2.75) is 13.1 Å². The van der Waals surface area contributed by atoms with Crippen LogP contribution in [0.25, 0.3) is 22.0 Å². The van der Waals surface area contributed by atoms with Gasteiger partial charge in [0.25, 0.3) is 5.91 Å². The van der Waals surface area contributed by atoms with Gasteiger partial charge in [0, 0.05) is 28.5 Å². The smallest absolute Gasteiger partial charge is 0.364 e. The first-order valence-corrected chi connectivity index (χ1v) is 9.75. The second-order valence-electron chi connectivity index (χ2n) is 7.34. The number of anilines is 2. The van der Waals surface area contributed by atoms with Crippen LogP contribution >= 0.6 is 0 Å². The Hall–Kier alpha value is -4.34. The van der Waals surface area contributed by atoms with Gasteiger partial charge in [-0.25, -0.2) is 4.79 Å². The van der Waals surface area contributed by atoms with Crippen LogP contribution in [-0.4, -0.2) is 21.9 Å². The lowest BCUT2D eigenvalue weighted by Gasteiger charge is -2.13. The van der Waals surface area contributed by atoms with Crippen LogP contribution in [0.5, 0.6) is 0 Å². The molecule has 4 rings (SSSR count). The van der Waals surface area contributed by atoms with Crippen LogP contribution < -0.4 is 16.4 Å². The largest absolute Gasteiger partial charge is 0.416 e.